The highest BCUT2D eigenvalue weighted by Gasteiger charge is 2.21. The molecule has 3 rings (SSSR count). The van der Waals surface area contributed by atoms with Crippen LogP contribution in [-0.2, 0) is 7.05 Å². The zero-order valence-electron chi connectivity index (χ0n) is 12.1. The standard InChI is InChI=1S/C16H18FN3O/c1-3-7-18-15(13-9-20(2)10-19-13)14-8-11-5-4-6-12(17)16(11)21-14/h4-6,8-10,15,18H,3,7H2,1-2H3. The maximum absolute atomic E-state index is 13.8. The zero-order chi connectivity index (χ0) is 14.8. The van der Waals surface area contributed by atoms with Crippen LogP contribution >= 0.6 is 0 Å². The normalized spacial score (nSPS) is 12.9. The molecule has 0 radical (unpaired) electrons. The quantitative estimate of drug-likeness (QED) is 0.782. The number of fused-ring (bicyclic) bond motifs is 1. The van der Waals surface area contributed by atoms with E-state index in [9.17, 15) is 4.39 Å². The third-order valence-electron chi connectivity index (χ3n) is 3.42. The van der Waals surface area contributed by atoms with Crippen molar-refractivity contribution >= 4 is 11.0 Å². The summed E-state index contributed by atoms with van der Waals surface area (Å²) < 4.78 is 21.4. The van der Waals surface area contributed by atoms with Gasteiger partial charge < -0.3 is 14.3 Å². The number of hydrogen-bond donors (Lipinski definition) is 1. The molecule has 0 bridgehead atoms. The first-order chi connectivity index (χ1) is 10.2. The second-order valence-electron chi connectivity index (χ2n) is 5.16. The Balaban J connectivity index is 2.03. The zero-order valence-corrected chi connectivity index (χ0v) is 12.1. The monoisotopic (exact) mass is 287 g/mol. The first-order valence-corrected chi connectivity index (χ1v) is 7.08. The van der Waals surface area contributed by atoms with Crippen LogP contribution in [0.4, 0.5) is 4.39 Å². The van der Waals surface area contributed by atoms with Crippen LogP contribution < -0.4 is 5.32 Å². The topological polar surface area (TPSA) is 43.0 Å². The molecule has 0 saturated carbocycles. The van der Waals surface area contributed by atoms with Crippen molar-refractivity contribution in [1.29, 1.82) is 0 Å². The second kappa shape index (κ2) is 5.69. The molecule has 110 valence electrons. The molecule has 0 amide bonds. The number of rotatable bonds is 5. The van der Waals surface area contributed by atoms with Crippen LogP contribution in [0.1, 0.15) is 30.8 Å². The predicted molar refractivity (Wildman–Crippen MR) is 79.5 cm³/mol. The van der Waals surface area contributed by atoms with Crippen molar-refractivity contribution in [3.05, 3.63) is 54.1 Å². The highest BCUT2D eigenvalue weighted by molar-refractivity contribution is 5.78. The maximum atomic E-state index is 13.8. The number of halogens is 1. The third-order valence-corrected chi connectivity index (χ3v) is 3.42. The molecule has 0 fully saturated rings. The fourth-order valence-electron chi connectivity index (χ4n) is 2.41. The van der Waals surface area contributed by atoms with Crippen LogP contribution in [0.2, 0.25) is 0 Å². The molecule has 0 spiro atoms. The van der Waals surface area contributed by atoms with E-state index >= 15 is 0 Å². The second-order valence-corrected chi connectivity index (χ2v) is 5.16. The van der Waals surface area contributed by atoms with Gasteiger partial charge in [0.1, 0.15) is 11.8 Å². The molecular formula is C16H18FN3O. The minimum Gasteiger partial charge on any atom is -0.456 e. The number of benzene rings is 1. The largest absolute Gasteiger partial charge is 0.456 e. The number of furan rings is 1. The Morgan fingerprint density at radius 2 is 2.29 bits per heavy atom. The van der Waals surface area contributed by atoms with Crippen LogP contribution in [-0.4, -0.2) is 16.1 Å². The minimum absolute atomic E-state index is 0.169. The van der Waals surface area contributed by atoms with Crippen molar-refractivity contribution in [2.75, 3.05) is 6.54 Å². The molecule has 1 atom stereocenters. The third kappa shape index (κ3) is 2.69. The molecular weight excluding hydrogens is 269 g/mol. The number of hydrogen-bond acceptors (Lipinski definition) is 3. The maximum Gasteiger partial charge on any atom is 0.169 e. The van der Waals surface area contributed by atoms with E-state index in [-0.39, 0.29) is 11.9 Å². The van der Waals surface area contributed by atoms with Crippen molar-refractivity contribution in [2.24, 2.45) is 7.05 Å². The van der Waals surface area contributed by atoms with Gasteiger partial charge in [-0.05, 0) is 25.1 Å². The van der Waals surface area contributed by atoms with E-state index in [0.29, 0.717) is 11.3 Å². The molecule has 5 heteroatoms. The lowest BCUT2D eigenvalue weighted by molar-refractivity contribution is 0.454. The summed E-state index contributed by atoms with van der Waals surface area (Å²) in [5.74, 6) is 0.344. The lowest BCUT2D eigenvalue weighted by atomic mass is 10.1. The summed E-state index contributed by atoms with van der Waals surface area (Å²) in [6.07, 6.45) is 4.69. The Hall–Kier alpha value is -2.14. The molecule has 0 aliphatic heterocycles. The van der Waals surface area contributed by atoms with Gasteiger partial charge in [0.05, 0.1) is 12.0 Å². The van der Waals surface area contributed by atoms with Gasteiger partial charge in [0.2, 0.25) is 0 Å². The number of imidazole rings is 1. The minimum atomic E-state index is -0.339. The molecule has 1 N–H and O–H groups in total. The Morgan fingerprint density at radius 1 is 1.43 bits per heavy atom. The molecule has 2 heterocycles. The molecule has 2 aromatic heterocycles. The lowest BCUT2D eigenvalue weighted by Gasteiger charge is -2.13. The average Bonchev–Trinajstić information content (AvgIpc) is 3.07. The highest BCUT2D eigenvalue weighted by Crippen LogP contribution is 2.29. The summed E-state index contributed by atoms with van der Waals surface area (Å²) in [4.78, 5) is 4.38. The average molecular weight is 287 g/mol. The fraction of sp³-hybridized carbons (Fsp3) is 0.312. The molecule has 1 unspecified atom stereocenters. The number of nitrogens with one attached hydrogen (secondary N) is 1. The molecule has 4 nitrogen and oxygen atoms in total. The van der Waals surface area contributed by atoms with E-state index in [0.717, 1.165) is 24.0 Å². The summed E-state index contributed by atoms with van der Waals surface area (Å²) in [6, 6.07) is 6.65. The summed E-state index contributed by atoms with van der Waals surface area (Å²) in [6.45, 7) is 2.93. The van der Waals surface area contributed by atoms with Gasteiger partial charge in [0.25, 0.3) is 0 Å². The van der Waals surface area contributed by atoms with Gasteiger partial charge in [0, 0.05) is 18.6 Å². The van der Waals surface area contributed by atoms with Gasteiger partial charge in [-0.15, -0.1) is 0 Å². The fourth-order valence-corrected chi connectivity index (χ4v) is 2.41. The smallest absolute Gasteiger partial charge is 0.169 e. The van der Waals surface area contributed by atoms with Crippen LogP contribution in [0.15, 0.2) is 41.2 Å². The summed E-state index contributed by atoms with van der Waals surface area (Å²) >= 11 is 0. The Kier molecular flexibility index (Phi) is 3.75. The molecule has 0 aliphatic rings. The van der Waals surface area contributed by atoms with Crippen molar-refractivity contribution in [2.45, 2.75) is 19.4 Å². The number of nitrogens with zero attached hydrogens (tertiary/aromatic N) is 2. The van der Waals surface area contributed by atoms with E-state index in [1.807, 2.05) is 29.9 Å². The Morgan fingerprint density at radius 3 is 2.95 bits per heavy atom. The van der Waals surface area contributed by atoms with Gasteiger partial charge in [-0.2, -0.15) is 0 Å². The van der Waals surface area contributed by atoms with Crippen molar-refractivity contribution < 1.29 is 8.81 Å². The summed E-state index contributed by atoms with van der Waals surface area (Å²) in [7, 11) is 1.92. The number of para-hydroxylation sites is 1. The summed E-state index contributed by atoms with van der Waals surface area (Å²) in [5.41, 5.74) is 1.16. The highest BCUT2D eigenvalue weighted by atomic mass is 19.1. The molecule has 3 aromatic rings. The first-order valence-electron chi connectivity index (χ1n) is 7.08. The van der Waals surface area contributed by atoms with Crippen LogP contribution in [0, 0.1) is 5.82 Å². The van der Waals surface area contributed by atoms with Crippen LogP contribution in [0.3, 0.4) is 0 Å². The van der Waals surface area contributed by atoms with Gasteiger partial charge in [-0.3, -0.25) is 0 Å². The van der Waals surface area contributed by atoms with E-state index in [2.05, 4.69) is 17.2 Å². The summed E-state index contributed by atoms with van der Waals surface area (Å²) in [5, 5.41) is 4.17. The lowest BCUT2D eigenvalue weighted by Crippen LogP contribution is -2.23. The molecule has 0 saturated heterocycles. The van der Waals surface area contributed by atoms with Crippen molar-refractivity contribution in [3.8, 4) is 0 Å². The van der Waals surface area contributed by atoms with Gasteiger partial charge in [-0.25, -0.2) is 9.37 Å². The SMILES string of the molecule is CCCNC(c1cn(C)cn1)c1cc2cccc(F)c2o1. The Labute approximate surface area is 122 Å². The first kappa shape index (κ1) is 13.8. The van der Waals surface area contributed by atoms with E-state index in [1.54, 1.807) is 12.4 Å². The molecule has 0 aliphatic carbocycles. The van der Waals surface area contributed by atoms with Gasteiger partial charge in [0.15, 0.2) is 11.4 Å². The van der Waals surface area contributed by atoms with Gasteiger partial charge >= 0.3 is 0 Å². The van der Waals surface area contributed by atoms with E-state index in [4.69, 9.17) is 4.42 Å². The molecule has 21 heavy (non-hydrogen) atoms. The van der Waals surface area contributed by atoms with Crippen molar-refractivity contribution in [3.63, 3.8) is 0 Å². The van der Waals surface area contributed by atoms with Crippen molar-refractivity contribution in [1.82, 2.24) is 14.9 Å². The van der Waals surface area contributed by atoms with E-state index in [1.165, 1.54) is 6.07 Å². The number of aromatic nitrogens is 2. The van der Waals surface area contributed by atoms with Crippen LogP contribution in [0.25, 0.3) is 11.0 Å². The number of aryl methyl sites for hydroxylation is 1. The van der Waals surface area contributed by atoms with E-state index < -0.39 is 0 Å². The van der Waals surface area contributed by atoms with Gasteiger partial charge in [-0.1, -0.05) is 19.1 Å². The van der Waals surface area contributed by atoms with Crippen LogP contribution in [0.5, 0.6) is 0 Å². The Bertz CT molecular complexity index is 747. The predicted octanol–water partition coefficient (Wildman–Crippen LogP) is 3.39. The molecule has 1 aromatic carbocycles.